The summed E-state index contributed by atoms with van der Waals surface area (Å²) < 4.78 is 11.0. The molecule has 1 aliphatic rings. The monoisotopic (exact) mass is 474 g/mol. The number of amidine groups is 1. The predicted octanol–water partition coefficient (Wildman–Crippen LogP) is 5.51. The molecular weight excluding hydrogens is 444 g/mol. The number of anilines is 1. The molecule has 5 nitrogen and oxygen atoms in total. The van der Waals surface area contributed by atoms with Crippen molar-refractivity contribution in [3.8, 4) is 11.5 Å². The highest BCUT2D eigenvalue weighted by atomic mass is 79.9. The Morgan fingerprint density at radius 3 is 2.47 bits per heavy atom. The van der Waals surface area contributed by atoms with Gasteiger partial charge in [0.05, 0.1) is 26.5 Å². The van der Waals surface area contributed by atoms with Gasteiger partial charge in [-0.2, -0.15) is 0 Å². The first-order valence-corrected chi connectivity index (χ1v) is 10.3. The molecule has 0 aliphatic carbocycles. The summed E-state index contributed by atoms with van der Waals surface area (Å²) in [6.07, 6.45) is 5.11. The van der Waals surface area contributed by atoms with Crippen molar-refractivity contribution in [3.63, 3.8) is 0 Å². The molecule has 0 aromatic heterocycles. The predicted molar refractivity (Wildman–Crippen MR) is 128 cm³/mol. The Hall–Kier alpha value is -2.34. The number of carbonyl (C=O) groups is 1. The molecule has 0 saturated carbocycles. The summed E-state index contributed by atoms with van der Waals surface area (Å²) in [5, 5.41) is 0. The first-order valence-electron chi connectivity index (χ1n) is 10.3. The van der Waals surface area contributed by atoms with Crippen molar-refractivity contribution in [2.45, 2.75) is 39.0 Å². The first kappa shape index (κ1) is 23.9. The highest BCUT2D eigenvalue weighted by molar-refractivity contribution is 8.93. The maximum absolute atomic E-state index is 13.1. The quantitative estimate of drug-likeness (QED) is 0.496. The minimum absolute atomic E-state index is 0. The molecule has 0 bridgehead atoms. The number of Topliss-reactive ketones (excluding diaryl/α,β-unsaturated/α-hetero) is 1. The van der Waals surface area contributed by atoms with Gasteiger partial charge in [0.1, 0.15) is 17.3 Å². The van der Waals surface area contributed by atoms with Crippen LogP contribution in [0.2, 0.25) is 0 Å². The molecule has 1 aliphatic heterocycles. The zero-order chi connectivity index (χ0) is 20.6. The van der Waals surface area contributed by atoms with E-state index in [4.69, 9.17) is 14.5 Å². The number of rotatable bonds is 7. The van der Waals surface area contributed by atoms with Crippen molar-refractivity contribution in [2.75, 3.05) is 32.2 Å². The van der Waals surface area contributed by atoms with Crippen LogP contribution in [0.25, 0.3) is 0 Å². The molecule has 0 spiro atoms. The van der Waals surface area contributed by atoms with Gasteiger partial charge in [0.25, 0.3) is 0 Å². The van der Waals surface area contributed by atoms with E-state index in [1.165, 1.54) is 5.56 Å². The SMILES string of the molecule is Br.CCc1ccc(C(=O)CN(C2=NCCCCC2)c2cc(OC)ccc2OC)cc1. The number of aliphatic imine (C=N–C) groups is 1. The Balaban J connectivity index is 0.00000320. The van der Waals surface area contributed by atoms with Crippen LogP contribution >= 0.6 is 17.0 Å². The third kappa shape index (κ3) is 5.85. The van der Waals surface area contributed by atoms with Crippen molar-refractivity contribution in [3.05, 3.63) is 53.6 Å². The molecule has 0 N–H and O–H groups in total. The van der Waals surface area contributed by atoms with Gasteiger partial charge in [-0.1, -0.05) is 37.6 Å². The molecule has 0 amide bonds. The van der Waals surface area contributed by atoms with Crippen LogP contribution in [0.3, 0.4) is 0 Å². The molecule has 0 fully saturated rings. The number of benzene rings is 2. The first-order chi connectivity index (χ1) is 14.2. The molecule has 162 valence electrons. The van der Waals surface area contributed by atoms with Gasteiger partial charge in [0, 0.05) is 24.6 Å². The van der Waals surface area contributed by atoms with Crippen LogP contribution in [0.5, 0.6) is 11.5 Å². The van der Waals surface area contributed by atoms with Crippen LogP contribution in [-0.2, 0) is 6.42 Å². The molecule has 2 aromatic carbocycles. The van der Waals surface area contributed by atoms with E-state index in [1.54, 1.807) is 14.2 Å². The van der Waals surface area contributed by atoms with Crippen LogP contribution in [0.1, 0.15) is 48.5 Å². The van der Waals surface area contributed by atoms with Gasteiger partial charge in [-0.15, -0.1) is 17.0 Å². The fraction of sp³-hybridized carbons (Fsp3) is 0.417. The summed E-state index contributed by atoms with van der Waals surface area (Å²) in [5.41, 5.74) is 2.75. The molecule has 0 radical (unpaired) electrons. The second kappa shape index (κ2) is 11.7. The number of carbonyl (C=O) groups excluding carboxylic acids is 1. The average Bonchev–Trinajstić information content (AvgIpc) is 3.06. The Morgan fingerprint density at radius 1 is 1.03 bits per heavy atom. The molecule has 30 heavy (non-hydrogen) atoms. The van der Waals surface area contributed by atoms with E-state index in [0.717, 1.165) is 55.9 Å². The van der Waals surface area contributed by atoms with E-state index in [9.17, 15) is 4.79 Å². The number of hydrogen-bond donors (Lipinski definition) is 0. The van der Waals surface area contributed by atoms with E-state index in [-0.39, 0.29) is 29.3 Å². The van der Waals surface area contributed by atoms with Crippen LogP contribution < -0.4 is 14.4 Å². The Kier molecular flexibility index (Phi) is 9.37. The van der Waals surface area contributed by atoms with Gasteiger partial charge in [0.15, 0.2) is 5.78 Å². The van der Waals surface area contributed by atoms with Gasteiger partial charge in [0.2, 0.25) is 0 Å². The standard InChI is InChI=1S/C24H30N2O3.BrH/c1-4-18-9-11-19(12-10-18)22(27)17-26(24-8-6-5-7-15-25-24)21-16-20(28-2)13-14-23(21)29-3;/h9-14,16H,4-8,15,17H2,1-3H3;1H. The van der Waals surface area contributed by atoms with Crippen molar-refractivity contribution < 1.29 is 14.3 Å². The second-order valence-corrected chi connectivity index (χ2v) is 7.21. The van der Waals surface area contributed by atoms with E-state index in [2.05, 4.69) is 6.92 Å². The van der Waals surface area contributed by atoms with Crippen LogP contribution in [0.15, 0.2) is 47.5 Å². The van der Waals surface area contributed by atoms with Crippen molar-refractivity contribution >= 4 is 34.3 Å². The summed E-state index contributed by atoms with van der Waals surface area (Å²) in [7, 11) is 3.28. The second-order valence-electron chi connectivity index (χ2n) is 7.21. The van der Waals surface area contributed by atoms with Crippen molar-refractivity contribution in [1.29, 1.82) is 0 Å². The summed E-state index contributed by atoms with van der Waals surface area (Å²) in [6, 6.07) is 13.5. The molecular formula is C24H31BrN2O3. The topological polar surface area (TPSA) is 51.1 Å². The fourth-order valence-electron chi connectivity index (χ4n) is 3.56. The number of aryl methyl sites for hydroxylation is 1. The van der Waals surface area contributed by atoms with Gasteiger partial charge >= 0.3 is 0 Å². The minimum atomic E-state index is 0. The normalized spacial score (nSPS) is 13.5. The van der Waals surface area contributed by atoms with Crippen LogP contribution in [0, 0.1) is 0 Å². The van der Waals surface area contributed by atoms with Gasteiger partial charge in [-0.05, 0) is 37.0 Å². The number of ketones is 1. The zero-order valence-corrected chi connectivity index (χ0v) is 19.7. The van der Waals surface area contributed by atoms with Gasteiger partial charge in [-0.3, -0.25) is 9.79 Å². The highest BCUT2D eigenvalue weighted by Crippen LogP contribution is 2.34. The number of hydrogen-bond acceptors (Lipinski definition) is 5. The summed E-state index contributed by atoms with van der Waals surface area (Å²) in [6.45, 7) is 3.11. The molecule has 0 saturated heterocycles. The summed E-state index contributed by atoms with van der Waals surface area (Å²) >= 11 is 0. The maximum Gasteiger partial charge on any atom is 0.182 e. The zero-order valence-electron chi connectivity index (χ0n) is 18.0. The minimum Gasteiger partial charge on any atom is -0.497 e. The van der Waals surface area contributed by atoms with Crippen LogP contribution in [0.4, 0.5) is 5.69 Å². The third-order valence-electron chi connectivity index (χ3n) is 5.33. The summed E-state index contributed by atoms with van der Waals surface area (Å²) in [4.78, 5) is 19.9. The Bertz CT molecular complexity index is 865. The fourth-order valence-corrected chi connectivity index (χ4v) is 3.56. The van der Waals surface area contributed by atoms with Gasteiger partial charge in [-0.25, -0.2) is 0 Å². The average molecular weight is 475 g/mol. The van der Waals surface area contributed by atoms with E-state index in [0.29, 0.717) is 11.3 Å². The van der Waals surface area contributed by atoms with Crippen LogP contribution in [-0.4, -0.2) is 38.9 Å². The lowest BCUT2D eigenvalue weighted by Crippen LogP contribution is -2.36. The molecule has 0 atom stereocenters. The molecule has 2 aromatic rings. The number of halogens is 1. The van der Waals surface area contributed by atoms with E-state index < -0.39 is 0 Å². The van der Waals surface area contributed by atoms with Gasteiger partial charge < -0.3 is 14.4 Å². The summed E-state index contributed by atoms with van der Waals surface area (Å²) in [5.74, 6) is 2.42. The number of nitrogens with zero attached hydrogens (tertiary/aromatic N) is 2. The molecule has 3 rings (SSSR count). The molecule has 1 heterocycles. The molecule has 6 heteroatoms. The smallest absolute Gasteiger partial charge is 0.182 e. The van der Waals surface area contributed by atoms with E-state index >= 15 is 0 Å². The maximum atomic E-state index is 13.1. The van der Waals surface area contributed by atoms with Crippen molar-refractivity contribution in [1.82, 2.24) is 0 Å². The highest BCUT2D eigenvalue weighted by Gasteiger charge is 2.23. The van der Waals surface area contributed by atoms with Crippen molar-refractivity contribution in [2.24, 2.45) is 4.99 Å². The molecule has 0 unspecified atom stereocenters. The lowest BCUT2D eigenvalue weighted by atomic mass is 10.1. The third-order valence-corrected chi connectivity index (χ3v) is 5.33. The number of methoxy groups -OCH3 is 2. The lowest BCUT2D eigenvalue weighted by molar-refractivity contribution is 0.100. The lowest BCUT2D eigenvalue weighted by Gasteiger charge is -2.27. The Morgan fingerprint density at radius 2 is 1.80 bits per heavy atom. The number of ether oxygens (including phenoxy) is 2. The van der Waals surface area contributed by atoms with E-state index in [1.807, 2.05) is 47.4 Å². The Labute approximate surface area is 189 Å². The largest absolute Gasteiger partial charge is 0.497 e.